The van der Waals surface area contributed by atoms with E-state index in [9.17, 15) is 9.59 Å². The Morgan fingerprint density at radius 1 is 1.12 bits per heavy atom. The Labute approximate surface area is 202 Å². The van der Waals surface area contributed by atoms with Crippen LogP contribution in [0.4, 0.5) is 0 Å². The number of hydrogen-bond acceptors (Lipinski definition) is 4. The molecule has 3 aromatic rings. The molecule has 0 fully saturated rings. The number of rotatable bonds is 8. The molecule has 1 heterocycles. The van der Waals surface area contributed by atoms with Crippen molar-refractivity contribution in [1.82, 2.24) is 14.5 Å². The Morgan fingerprint density at radius 2 is 1.76 bits per heavy atom. The Hall–Kier alpha value is -3.15. The van der Waals surface area contributed by atoms with Crippen molar-refractivity contribution in [3.8, 4) is 11.4 Å². The van der Waals surface area contributed by atoms with Crippen molar-refractivity contribution in [3.05, 3.63) is 64.7 Å². The molecular formula is C28H37N3O3. The monoisotopic (exact) mass is 463 g/mol. The second-order valence-electron chi connectivity index (χ2n) is 10.3. The van der Waals surface area contributed by atoms with E-state index in [1.165, 1.54) is 0 Å². The summed E-state index contributed by atoms with van der Waals surface area (Å²) < 4.78 is 7.18. The van der Waals surface area contributed by atoms with Crippen LogP contribution in [0, 0.1) is 11.3 Å². The molecule has 2 atom stereocenters. The molecule has 0 bridgehead atoms. The Balaban J connectivity index is 2.12. The van der Waals surface area contributed by atoms with E-state index in [2.05, 4.69) is 27.7 Å². The lowest BCUT2D eigenvalue weighted by Crippen LogP contribution is -2.36. The number of carbonyl (C=O) groups excluding carboxylic acids is 1. The SMILES string of the molecule is CCC(c1nc2ccccc2c(=O)n1-c1ccccc1OC)N(C)C(=O)CC(C)CC(C)(C)C. The minimum Gasteiger partial charge on any atom is -0.495 e. The maximum Gasteiger partial charge on any atom is 0.266 e. The minimum atomic E-state index is -0.364. The highest BCUT2D eigenvalue weighted by Crippen LogP contribution is 2.31. The summed E-state index contributed by atoms with van der Waals surface area (Å²) in [6, 6.07) is 14.4. The summed E-state index contributed by atoms with van der Waals surface area (Å²) in [5, 5.41) is 0.528. The van der Waals surface area contributed by atoms with Crippen molar-refractivity contribution in [3.63, 3.8) is 0 Å². The van der Waals surface area contributed by atoms with Crippen molar-refractivity contribution in [2.75, 3.05) is 14.2 Å². The number of para-hydroxylation sites is 3. The molecule has 2 aromatic carbocycles. The van der Waals surface area contributed by atoms with Crippen LogP contribution in [0.3, 0.4) is 0 Å². The molecule has 182 valence electrons. The van der Waals surface area contributed by atoms with Gasteiger partial charge < -0.3 is 9.64 Å². The van der Waals surface area contributed by atoms with Gasteiger partial charge in [-0.15, -0.1) is 0 Å². The quantitative estimate of drug-likeness (QED) is 0.426. The van der Waals surface area contributed by atoms with Crippen LogP contribution in [0.2, 0.25) is 0 Å². The molecule has 0 saturated carbocycles. The van der Waals surface area contributed by atoms with E-state index in [1.54, 1.807) is 22.6 Å². The van der Waals surface area contributed by atoms with Crippen LogP contribution >= 0.6 is 0 Å². The zero-order chi connectivity index (χ0) is 25.0. The molecule has 0 aliphatic rings. The molecule has 6 nitrogen and oxygen atoms in total. The first kappa shape index (κ1) is 25.5. The number of hydrogen-bond donors (Lipinski definition) is 0. The number of ether oxygens (including phenoxy) is 1. The van der Waals surface area contributed by atoms with Crippen LogP contribution in [-0.4, -0.2) is 34.5 Å². The minimum absolute atomic E-state index is 0.0533. The maximum atomic E-state index is 13.7. The lowest BCUT2D eigenvalue weighted by Gasteiger charge is -2.31. The van der Waals surface area contributed by atoms with Gasteiger partial charge in [0.05, 0.1) is 29.7 Å². The lowest BCUT2D eigenvalue weighted by molar-refractivity contribution is -0.133. The largest absolute Gasteiger partial charge is 0.495 e. The Bertz CT molecular complexity index is 1210. The zero-order valence-corrected chi connectivity index (χ0v) is 21.5. The van der Waals surface area contributed by atoms with Crippen LogP contribution in [0.25, 0.3) is 16.6 Å². The second kappa shape index (κ2) is 10.4. The molecule has 1 amide bonds. The van der Waals surface area contributed by atoms with Gasteiger partial charge in [0.1, 0.15) is 11.6 Å². The van der Waals surface area contributed by atoms with E-state index < -0.39 is 0 Å². The fourth-order valence-electron chi connectivity index (χ4n) is 4.78. The zero-order valence-electron chi connectivity index (χ0n) is 21.5. The number of fused-ring (bicyclic) bond motifs is 1. The molecule has 34 heavy (non-hydrogen) atoms. The van der Waals surface area contributed by atoms with Crippen molar-refractivity contribution < 1.29 is 9.53 Å². The summed E-state index contributed by atoms with van der Waals surface area (Å²) in [6.07, 6.45) is 2.04. The van der Waals surface area contributed by atoms with Crippen LogP contribution < -0.4 is 10.3 Å². The van der Waals surface area contributed by atoms with Crippen LogP contribution in [-0.2, 0) is 4.79 Å². The average Bonchev–Trinajstić information content (AvgIpc) is 2.78. The van der Waals surface area contributed by atoms with Gasteiger partial charge in [0, 0.05) is 13.5 Å². The molecule has 3 rings (SSSR count). The molecule has 0 saturated heterocycles. The molecule has 0 spiro atoms. The third kappa shape index (κ3) is 5.49. The molecular weight excluding hydrogens is 426 g/mol. The average molecular weight is 464 g/mol. The number of amides is 1. The van der Waals surface area contributed by atoms with E-state index >= 15 is 0 Å². The number of methoxy groups -OCH3 is 1. The predicted octanol–water partition coefficient (Wildman–Crippen LogP) is 5.77. The van der Waals surface area contributed by atoms with Crippen LogP contribution in [0.5, 0.6) is 5.75 Å². The van der Waals surface area contributed by atoms with Crippen molar-refractivity contribution in [2.45, 2.75) is 59.9 Å². The topological polar surface area (TPSA) is 64.4 Å². The van der Waals surface area contributed by atoms with Gasteiger partial charge in [-0.1, -0.05) is 58.9 Å². The summed E-state index contributed by atoms with van der Waals surface area (Å²) in [5.74, 6) is 1.42. The van der Waals surface area contributed by atoms with Crippen molar-refractivity contribution >= 4 is 16.8 Å². The lowest BCUT2D eigenvalue weighted by atomic mass is 9.84. The van der Waals surface area contributed by atoms with Crippen molar-refractivity contribution in [1.29, 1.82) is 0 Å². The molecule has 0 N–H and O–H groups in total. The van der Waals surface area contributed by atoms with Gasteiger partial charge in [-0.25, -0.2) is 4.98 Å². The Morgan fingerprint density at radius 3 is 2.41 bits per heavy atom. The molecule has 1 aromatic heterocycles. The Kier molecular flexibility index (Phi) is 7.80. The van der Waals surface area contributed by atoms with E-state index in [0.29, 0.717) is 41.0 Å². The highest BCUT2D eigenvalue weighted by atomic mass is 16.5. The smallest absolute Gasteiger partial charge is 0.266 e. The van der Waals surface area contributed by atoms with Gasteiger partial charge in [-0.05, 0) is 48.4 Å². The van der Waals surface area contributed by atoms with E-state index in [4.69, 9.17) is 9.72 Å². The van der Waals surface area contributed by atoms with Crippen LogP contribution in [0.15, 0.2) is 53.3 Å². The third-order valence-corrected chi connectivity index (χ3v) is 6.16. The van der Waals surface area contributed by atoms with Gasteiger partial charge in [0.2, 0.25) is 5.91 Å². The number of aromatic nitrogens is 2. The summed E-state index contributed by atoms with van der Waals surface area (Å²) in [4.78, 5) is 33.7. The molecule has 0 aliphatic carbocycles. The normalized spacial score (nSPS) is 13.5. The predicted molar refractivity (Wildman–Crippen MR) is 138 cm³/mol. The van der Waals surface area contributed by atoms with Gasteiger partial charge in [-0.2, -0.15) is 0 Å². The molecule has 0 aliphatic heterocycles. The van der Waals surface area contributed by atoms with E-state index in [-0.39, 0.29) is 28.8 Å². The summed E-state index contributed by atoms with van der Waals surface area (Å²) >= 11 is 0. The summed E-state index contributed by atoms with van der Waals surface area (Å²) in [6.45, 7) is 10.7. The maximum absolute atomic E-state index is 13.7. The van der Waals surface area contributed by atoms with Crippen LogP contribution in [0.1, 0.15) is 65.7 Å². The highest BCUT2D eigenvalue weighted by molar-refractivity contribution is 5.79. The van der Waals surface area contributed by atoms with E-state index in [1.807, 2.05) is 56.4 Å². The number of carbonyl (C=O) groups is 1. The third-order valence-electron chi connectivity index (χ3n) is 6.16. The summed E-state index contributed by atoms with van der Waals surface area (Å²) in [7, 11) is 3.40. The fraction of sp³-hybridized carbons (Fsp3) is 0.464. The van der Waals surface area contributed by atoms with Gasteiger partial charge in [0.15, 0.2) is 0 Å². The summed E-state index contributed by atoms with van der Waals surface area (Å²) in [5.41, 5.74) is 1.22. The van der Waals surface area contributed by atoms with Gasteiger partial charge >= 0.3 is 0 Å². The first-order chi connectivity index (χ1) is 16.1. The first-order valence-electron chi connectivity index (χ1n) is 12.0. The van der Waals surface area contributed by atoms with Crippen molar-refractivity contribution in [2.24, 2.45) is 11.3 Å². The standard InChI is InChI=1S/C28H37N3O3/c1-8-22(30(6)25(32)17-19(2)18-28(3,4)5)26-29-21-14-10-9-13-20(21)27(33)31(26)23-15-11-12-16-24(23)34-7/h9-16,19,22H,8,17-18H2,1-7H3. The highest BCUT2D eigenvalue weighted by Gasteiger charge is 2.28. The number of benzene rings is 2. The van der Waals surface area contributed by atoms with Gasteiger partial charge in [-0.3, -0.25) is 14.2 Å². The second-order valence-corrected chi connectivity index (χ2v) is 10.3. The molecule has 2 unspecified atom stereocenters. The van der Waals surface area contributed by atoms with Gasteiger partial charge in [0.25, 0.3) is 5.56 Å². The number of nitrogens with zero attached hydrogens (tertiary/aromatic N) is 3. The first-order valence-corrected chi connectivity index (χ1v) is 12.0. The fourth-order valence-corrected chi connectivity index (χ4v) is 4.78. The molecule has 6 heteroatoms. The molecule has 0 radical (unpaired) electrons. The van der Waals surface area contributed by atoms with E-state index in [0.717, 1.165) is 6.42 Å².